The average molecular weight is 258 g/mol. The second-order valence-electron chi connectivity index (χ2n) is 4.25. The maximum absolute atomic E-state index is 13.2. The summed E-state index contributed by atoms with van der Waals surface area (Å²) in [5, 5.41) is 17.2. The molecule has 1 aromatic carbocycles. The molecule has 2 rings (SSSR count). The fourth-order valence-corrected chi connectivity index (χ4v) is 2.17. The van der Waals surface area contributed by atoms with Crippen LogP contribution in [-0.4, -0.2) is 5.78 Å². The van der Waals surface area contributed by atoms with E-state index in [1.807, 2.05) is 0 Å². The summed E-state index contributed by atoms with van der Waals surface area (Å²) in [4.78, 5) is 11.7. The van der Waals surface area contributed by atoms with Gasteiger partial charge in [0.05, 0.1) is 0 Å². The molecule has 0 saturated carbocycles. The third kappa shape index (κ3) is 2.36. The van der Waals surface area contributed by atoms with E-state index in [4.69, 9.17) is 10.5 Å². The smallest absolute Gasteiger partial charge is 0.163 e. The molecule has 19 heavy (non-hydrogen) atoms. The monoisotopic (exact) mass is 258 g/mol. The van der Waals surface area contributed by atoms with Crippen molar-refractivity contribution in [2.45, 2.75) is 18.8 Å². The van der Waals surface area contributed by atoms with Crippen LogP contribution >= 0.6 is 0 Å². The molecular formula is C14H8F2N2O. The average Bonchev–Trinajstić information content (AvgIpc) is 2.68. The summed E-state index contributed by atoms with van der Waals surface area (Å²) in [6, 6.07) is 5.35. The van der Waals surface area contributed by atoms with Gasteiger partial charge < -0.3 is 0 Å². The molecule has 0 heterocycles. The summed E-state index contributed by atoms with van der Waals surface area (Å²) in [7, 11) is 0. The lowest BCUT2D eigenvalue weighted by molar-refractivity contribution is 0.0988. The van der Waals surface area contributed by atoms with Crippen LogP contribution in [0.1, 0.15) is 34.7 Å². The molecule has 0 saturated heterocycles. The highest BCUT2D eigenvalue weighted by molar-refractivity contribution is 6.01. The van der Waals surface area contributed by atoms with Crippen molar-refractivity contribution in [2.75, 3.05) is 0 Å². The molecule has 0 aliphatic heterocycles. The predicted octanol–water partition coefficient (Wildman–Crippen LogP) is 3.00. The molecule has 1 aliphatic carbocycles. The van der Waals surface area contributed by atoms with Gasteiger partial charge in [0.25, 0.3) is 0 Å². The van der Waals surface area contributed by atoms with Gasteiger partial charge in [-0.05, 0) is 30.0 Å². The quantitative estimate of drug-likeness (QED) is 0.766. The highest BCUT2D eigenvalue weighted by Crippen LogP contribution is 2.37. The molecule has 0 N–H and O–H groups in total. The Morgan fingerprint density at radius 3 is 2.58 bits per heavy atom. The van der Waals surface area contributed by atoms with E-state index in [1.165, 1.54) is 6.08 Å². The zero-order valence-corrected chi connectivity index (χ0v) is 9.78. The summed E-state index contributed by atoms with van der Waals surface area (Å²) >= 11 is 0. The van der Waals surface area contributed by atoms with Crippen molar-refractivity contribution in [3.63, 3.8) is 0 Å². The molecule has 94 valence electrons. The van der Waals surface area contributed by atoms with Crippen LogP contribution < -0.4 is 0 Å². The number of nitrogens with zero attached hydrogens (tertiary/aromatic N) is 2. The Morgan fingerprint density at radius 1 is 1.32 bits per heavy atom. The molecule has 5 heteroatoms. The first kappa shape index (κ1) is 12.9. The maximum Gasteiger partial charge on any atom is 0.163 e. The maximum atomic E-state index is 13.2. The van der Waals surface area contributed by atoms with Crippen molar-refractivity contribution in [1.29, 1.82) is 10.5 Å². The SMILES string of the molecule is N#CC(C#N)=CCC1CC(=O)c2cc(F)c(F)cc21. The van der Waals surface area contributed by atoms with Gasteiger partial charge in [0.2, 0.25) is 0 Å². The number of carbonyl (C=O) groups excluding carboxylic acids is 1. The standard InChI is InChI=1S/C14H8F2N2O/c15-12-4-10-9(2-1-8(6-17)7-18)3-14(19)11(10)5-13(12)16/h1,4-5,9H,2-3H2. The Morgan fingerprint density at radius 2 is 1.95 bits per heavy atom. The number of Topliss-reactive ketones (excluding diaryl/α,β-unsaturated/α-hetero) is 1. The minimum Gasteiger partial charge on any atom is -0.294 e. The minimum atomic E-state index is -1.04. The van der Waals surface area contributed by atoms with Crippen LogP contribution in [0.5, 0.6) is 0 Å². The summed E-state index contributed by atoms with van der Waals surface area (Å²) in [5.74, 6) is -2.60. The molecule has 0 bridgehead atoms. The van der Waals surface area contributed by atoms with Gasteiger partial charge >= 0.3 is 0 Å². The van der Waals surface area contributed by atoms with Crippen LogP contribution in [-0.2, 0) is 0 Å². The van der Waals surface area contributed by atoms with E-state index in [1.54, 1.807) is 12.1 Å². The van der Waals surface area contributed by atoms with Gasteiger partial charge in [-0.3, -0.25) is 4.79 Å². The van der Waals surface area contributed by atoms with E-state index in [0.29, 0.717) is 5.56 Å². The van der Waals surface area contributed by atoms with E-state index < -0.39 is 11.6 Å². The molecule has 1 atom stereocenters. The molecule has 1 aromatic rings. The van der Waals surface area contributed by atoms with Crippen LogP contribution in [0.15, 0.2) is 23.8 Å². The Balaban J connectivity index is 2.33. The van der Waals surface area contributed by atoms with Gasteiger partial charge in [0, 0.05) is 12.0 Å². The summed E-state index contributed by atoms with van der Waals surface area (Å²) in [5.41, 5.74) is 0.576. The molecule has 0 aromatic heterocycles. The second kappa shape index (κ2) is 4.99. The van der Waals surface area contributed by atoms with E-state index in [0.717, 1.165) is 12.1 Å². The lowest BCUT2D eigenvalue weighted by atomic mass is 9.96. The van der Waals surface area contributed by atoms with Crippen molar-refractivity contribution >= 4 is 5.78 Å². The molecule has 0 fully saturated rings. The molecule has 0 spiro atoms. The summed E-state index contributed by atoms with van der Waals surface area (Å²) < 4.78 is 26.3. The van der Waals surface area contributed by atoms with E-state index >= 15 is 0 Å². The predicted molar refractivity (Wildman–Crippen MR) is 62.0 cm³/mol. The molecule has 1 aliphatic rings. The fraction of sp³-hybridized carbons (Fsp3) is 0.214. The number of hydrogen-bond donors (Lipinski definition) is 0. The number of benzene rings is 1. The van der Waals surface area contributed by atoms with Crippen molar-refractivity contribution in [1.82, 2.24) is 0 Å². The largest absolute Gasteiger partial charge is 0.294 e. The zero-order chi connectivity index (χ0) is 14.0. The normalized spacial score (nSPS) is 16.4. The summed E-state index contributed by atoms with van der Waals surface area (Å²) in [6.45, 7) is 0. The third-order valence-corrected chi connectivity index (χ3v) is 3.11. The Kier molecular flexibility index (Phi) is 3.39. The molecule has 0 radical (unpaired) electrons. The van der Waals surface area contributed by atoms with Crippen molar-refractivity contribution < 1.29 is 13.6 Å². The van der Waals surface area contributed by atoms with Gasteiger partial charge in [0.15, 0.2) is 17.4 Å². The number of hydrogen-bond acceptors (Lipinski definition) is 3. The number of nitriles is 2. The van der Waals surface area contributed by atoms with Crippen molar-refractivity contribution in [2.24, 2.45) is 0 Å². The van der Waals surface area contributed by atoms with Crippen molar-refractivity contribution in [3.8, 4) is 12.1 Å². The van der Waals surface area contributed by atoms with Crippen LogP contribution in [0.4, 0.5) is 8.78 Å². The number of halogens is 2. The molecule has 1 unspecified atom stereocenters. The summed E-state index contributed by atoms with van der Waals surface area (Å²) in [6.07, 6.45) is 1.83. The van der Waals surface area contributed by atoms with E-state index in [2.05, 4.69) is 0 Å². The minimum absolute atomic E-state index is 0.0523. The van der Waals surface area contributed by atoms with Gasteiger partial charge in [0.1, 0.15) is 17.7 Å². The van der Waals surface area contributed by atoms with Crippen LogP contribution in [0.3, 0.4) is 0 Å². The van der Waals surface area contributed by atoms with E-state index in [-0.39, 0.29) is 35.7 Å². The Labute approximate surface area is 108 Å². The molecule has 0 amide bonds. The zero-order valence-electron chi connectivity index (χ0n) is 9.78. The second-order valence-corrected chi connectivity index (χ2v) is 4.25. The molecule has 3 nitrogen and oxygen atoms in total. The van der Waals surface area contributed by atoms with Crippen LogP contribution in [0.2, 0.25) is 0 Å². The number of carbonyl (C=O) groups is 1. The highest BCUT2D eigenvalue weighted by Gasteiger charge is 2.30. The third-order valence-electron chi connectivity index (χ3n) is 3.11. The number of ketones is 1. The van der Waals surface area contributed by atoms with Gasteiger partial charge in [-0.1, -0.05) is 6.08 Å². The Hall–Kier alpha value is -2.53. The first-order valence-electron chi connectivity index (χ1n) is 5.59. The van der Waals surface area contributed by atoms with E-state index in [9.17, 15) is 13.6 Å². The number of rotatable bonds is 2. The van der Waals surface area contributed by atoms with Gasteiger partial charge in [-0.2, -0.15) is 10.5 Å². The van der Waals surface area contributed by atoms with Gasteiger partial charge in [-0.25, -0.2) is 8.78 Å². The molecular weight excluding hydrogens is 250 g/mol. The first-order valence-corrected chi connectivity index (χ1v) is 5.59. The lowest BCUT2D eigenvalue weighted by Gasteiger charge is -2.07. The highest BCUT2D eigenvalue weighted by atomic mass is 19.2. The number of fused-ring (bicyclic) bond motifs is 1. The fourth-order valence-electron chi connectivity index (χ4n) is 2.17. The van der Waals surface area contributed by atoms with Crippen LogP contribution in [0.25, 0.3) is 0 Å². The first-order chi connectivity index (χ1) is 9.06. The van der Waals surface area contributed by atoms with Gasteiger partial charge in [-0.15, -0.1) is 0 Å². The lowest BCUT2D eigenvalue weighted by Crippen LogP contribution is -1.95. The van der Waals surface area contributed by atoms with Crippen LogP contribution in [0, 0.1) is 34.3 Å². The number of allylic oxidation sites excluding steroid dienone is 2. The Bertz CT molecular complexity index is 649. The van der Waals surface area contributed by atoms with Crippen molar-refractivity contribution in [3.05, 3.63) is 46.5 Å². The topological polar surface area (TPSA) is 64.7 Å².